The van der Waals surface area contributed by atoms with E-state index in [9.17, 15) is 5.11 Å². The Morgan fingerprint density at radius 3 is 2.50 bits per heavy atom. The first-order valence-corrected chi connectivity index (χ1v) is 3.63. The summed E-state index contributed by atoms with van der Waals surface area (Å²) in [5.41, 5.74) is -0.483. The van der Waals surface area contributed by atoms with Crippen molar-refractivity contribution >= 4 is 0 Å². The molecule has 0 amide bonds. The Morgan fingerprint density at radius 1 is 1.42 bits per heavy atom. The molecule has 2 heteroatoms. The highest BCUT2D eigenvalue weighted by atomic mass is 16.3. The van der Waals surface area contributed by atoms with Crippen molar-refractivity contribution in [3.8, 4) is 0 Å². The molecular weight excluding hydrogens is 150 g/mol. The molecule has 0 aliphatic rings. The Hall–Kier alpha value is -1.41. The first-order valence-electron chi connectivity index (χ1n) is 3.63. The molecule has 12 heavy (non-hydrogen) atoms. The minimum atomic E-state index is -1.16. The molecule has 1 aromatic rings. The van der Waals surface area contributed by atoms with Crippen molar-refractivity contribution in [1.82, 2.24) is 4.98 Å². The fraction of sp³-hybridized carbons (Fsp3) is 0.100. The number of nitrogens with zero attached hydrogens (tertiary/aromatic N) is 1. The lowest BCUT2D eigenvalue weighted by Crippen LogP contribution is -2.18. The van der Waals surface area contributed by atoms with Crippen LogP contribution in [-0.4, -0.2) is 10.1 Å². The zero-order chi connectivity index (χ0) is 9.03. The summed E-state index contributed by atoms with van der Waals surface area (Å²) in [5.74, 6) is 0. The van der Waals surface area contributed by atoms with Gasteiger partial charge in [-0.3, -0.25) is 4.98 Å². The highest BCUT2D eigenvalue weighted by molar-refractivity contribution is 5.28. The molecule has 0 saturated heterocycles. The van der Waals surface area contributed by atoms with Crippen molar-refractivity contribution in [3.63, 3.8) is 0 Å². The molecule has 0 unspecified atom stereocenters. The second-order valence-electron chi connectivity index (χ2n) is 2.48. The van der Waals surface area contributed by atoms with Crippen molar-refractivity contribution in [2.45, 2.75) is 5.60 Å². The molecule has 0 bridgehead atoms. The Bertz CT molecular complexity index is 271. The van der Waals surface area contributed by atoms with Gasteiger partial charge in [-0.2, -0.15) is 0 Å². The normalized spacial score (nSPS) is 10.8. The largest absolute Gasteiger partial charge is 0.377 e. The lowest BCUT2D eigenvalue weighted by atomic mass is 9.96. The molecule has 2 nitrogen and oxygen atoms in total. The summed E-state index contributed by atoms with van der Waals surface area (Å²) in [6, 6.07) is 3.53. The van der Waals surface area contributed by atoms with Gasteiger partial charge in [0.2, 0.25) is 0 Å². The van der Waals surface area contributed by atoms with Crippen molar-refractivity contribution in [2.75, 3.05) is 0 Å². The zero-order valence-corrected chi connectivity index (χ0v) is 6.77. The summed E-state index contributed by atoms with van der Waals surface area (Å²) in [4.78, 5) is 3.89. The molecule has 0 aliphatic carbocycles. The average molecular weight is 161 g/mol. The second-order valence-corrected chi connectivity index (χ2v) is 2.48. The highest BCUT2D eigenvalue weighted by Gasteiger charge is 2.20. The molecule has 0 radical (unpaired) electrons. The highest BCUT2D eigenvalue weighted by Crippen LogP contribution is 2.21. The topological polar surface area (TPSA) is 33.1 Å². The van der Waals surface area contributed by atoms with E-state index in [1.54, 1.807) is 24.5 Å². The first kappa shape index (κ1) is 8.68. The average Bonchev–Trinajstić information content (AvgIpc) is 2.18. The molecule has 62 valence electrons. The first-order chi connectivity index (χ1) is 5.73. The Balaban J connectivity index is 3.11. The number of pyridine rings is 1. The van der Waals surface area contributed by atoms with Crippen LogP contribution in [0.15, 0.2) is 49.8 Å². The van der Waals surface area contributed by atoms with Crippen LogP contribution in [0.4, 0.5) is 0 Å². The molecule has 0 aromatic carbocycles. The van der Waals surface area contributed by atoms with Crippen LogP contribution in [0.1, 0.15) is 5.56 Å². The summed E-state index contributed by atoms with van der Waals surface area (Å²) in [5, 5.41) is 9.82. The van der Waals surface area contributed by atoms with Gasteiger partial charge in [0, 0.05) is 18.0 Å². The minimum Gasteiger partial charge on any atom is -0.377 e. The van der Waals surface area contributed by atoms with Gasteiger partial charge in [-0.1, -0.05) is 31.4 Å². The van der Waals surface area contributed by atoms with E-state index in [1.807, 2.05) is 0 Å². The number of rotatable bonds is 3. The molecule has 0 aliphatic heterocycles. The number of hydrogen-bond donors (Lipinski definition) is 1. The monoisotopic (exact) mass is 161 g/mol. The smallest absolute Gasteiger partial charge is 0.127 e. The summed E-state index contributed by atoms with van der Waals surface area (Å²) in [6.07, 6.45) is 6.09. The van der Waals surface area contributed by atoms with Crippen molar-refractivity contribution in [2.24, 2.45) is 0 Å². The molecule has 1 rings (SSSR count). The molecule has 0 saturated carbocycles. The van der Waals surface area contributed by atoms with Crippen LogP contribution in [0, 0.1) is 0 Å². The third kappa shape index (κ3) is 1.43. The van der Waals surface area contributed by atoms with Gasteiger partial charge in [-0.05, 0) is 6.07 Å². The van der Waals surface area contributed by atoms with Gasteiger partial charge < -0.3 is 5.11 Å². The summed E-state index contributed by atoms with van der Waals surface area (Å²) >= 11 is 0. The third-order valence-corrected chi connectivity index (χ3v) is 1.75. The maximum atomic E-state index is 9.82. The fourth-order valence-electron chi connectivity index (χ4n) is 0.919. The molecule has 1 aromatic heterocycles. The summed E-state index contributed by atoms with van der Waals surface area (Å²) in [6.45, 7) is 7.06. The lowest BCUT2D eigenvalue weighted by molar-refractivity contribution is 0.144. The number of hydrogen-bond acceptors (Lipinski definition) is 2. The maximum absolute atomic E-state index is 9.82. The van der Waals surface area contributed by atoms with Crippen LogP contribution < -0.4 is 0 Å². The predicted molar refractivity (Wildman–Crippen MR) is 48.5 cm³/mol. The van der Waals surface area contributed by atoms with Crippen LogP contribution in [0.3, 0.4) is 0 Å². The van der Waals surface area contributed by atoms with Gasteiger partial charge in [-0.25, -0.2) is 0 Å². The van der Waals surface area contributed by atoms with Crippen molar-refractivity contribution < 1.29 is 5.11 Å². The Kier molecular flexibility index (Phi) is 2.41. The van der Waals surface area contributed by atoms with Crippen LogP contribution in [0.2, 0.25) is 0 Å². The lowest BCUT2D eigenvalue weighted by Gasteiger charge is -2.19. The molecule has 1 heterocycles. The number of aromatic nitrogens is 1. The quantitative estimate of drug-likeness (QED) is 0.683. The fourth-order valence-corrected chi connectivity index (χ4v) is 0.919. The predicted octanol–water partition coefficient (Wildman–Crippen LogP) is 1.64. The van der Waals surface area contributed by atoms with E-state index in [4.69, 9.17) is 0 Å². The van der Waals surface area contributed by atoms with Gasteiger partial charge in [0.05, 0.1) is 0 Å². The molecule has 1 N–H and O–H groups in total. The van der Waals surface area contributed by atoms with E-state index in [-0.39, 0.29) is 0 Å². The second kappa shape index (κ2) is 3.32. The van der Waals surface area contributed by atoms with E-state index in [0.717, 1.165) is 0 Å². The van der Waals surface area contributed by atoms with Crippen molar-refractivity contribution in [1.29, 1.82) is 0 Å². The van der Waals surface area contributed by atoms with E-state index in [0.29, 0.717) is 5.56 Å². The molecule has 0 spiro atoms. The zero-order valence-electron chi connectivity index (χ0n) is 6.77. The van der Waals surface area contributed by atoms with E-state index in [1.165, 1.54) is 12.2 Å². The standard InChI is InChI=1S/C10H11NO/c1-3-10(12,4-2)9-6-5-7-11-8-9/h3-8,12H,1-2H2. The van der Waals surface area contributed by atoms with Gasteiger partial charge in [0.25, 0.3) is 0 Å². The number of aliphatic hydroxyl groups is 1. The van der Waals surface area contributed by atoms with Gasteiger partial charge in [-0.15, -0.1) is 0 Å². The minimum absolute atomic E-state index is 0.676. The Morgan fingerprint density at radius 2 is 2.08 bits per heavy atom. The molecular formula is C10H11NO. The van der Waals surface area contributed by atoms with Crippen LogP contribution in [-0.2, 0) is 5.60 Å². The van der Waals surface area contributed by atoms with Gasteiger partial charge in [0.1, 0.15) is 5.60 Å². The summed E-state index contributed by atoms with van der Waals surface area (Å²) in [7, 11) is 0. The van der Waals surface area contributed by atoms with Crippen LogP contribution >= 0.6 is 0 Å². The van der Waals surface area contributed by atoms with Crippen molar-refractivity contribution in [3.05, 3.63) is 55.4 Å². The van der Waals surface area contributed by atoms with Gasteiger partial charge >= 0.3 is 0 Å². The summed E-state index contributed by atoms with van der Waals surface area (Å²) < 4.78 is 0. The SMILES string of the molecule is C=CC(O)(C=C)c1cccnc1. The molecule has 0 fully saturated rings. The van der Waals surface area contributed by atoms with Crippen LogP contribution in [0.5, 0.6) is 0 Å². The molecule has 0 atom stereocenters. The van der Waals surface area contributed by atoms with E-state index < -0.39 is 5.60 Å². The van der Waals surface area contributed by atoms with E-state index >= 15 is 0 Å². The Labute approximate surface area is 71.9 Å². The van der Waals surface area contributed by atoms with E-state index in [2.05, 4.69) is 18.1 Å². The third-order valence-electron chi connectivity index (χ3n) is 1.75. The van der Waals surface area contributed by atoms with Crippen LogP contribution in [0.25, 0.3) is 0 Å². The maximum Gasteiger partial charge on any atom is 0.127 e. The van der Waals surface area contributed by atoms with Gasteiger partial charge in [0.15, 0.2) is 0 Å².